The van der Waals surface area contributed by atoms with E-state index in [0.29, 0.717) is 24.1 Å². The Morgan fingerprint density at radius 1 is 1.53 bits per heavy atom. The first-order valence-electron chi connectivity index (χ1n) is 6.85. The summed E-state index contributed by atoms with van der Waals surface area (Å²) in [4.78, 5) is 10.5. The van der Waals surface area contributed by atoms with Crippen LogP contribution in [0.1, 0.15) is 26.2 Å². The van der Waals surface area contributed by atoms with Gasteiger partial charge < -0.3 is 20.5 Å². The predicted molar refractivity (Wildman–Crippen MR) is 74.3 cm³/mol. The molecule has 3 N–H and O–H groups in total. The standard InChI is InChI=1S/C13H22N4O2/c1-2-6-19-13-11(14)12(15-9-16-13)17-5-3-4-10(7-17)8-18/h9-10,18H,2-8,14H2,1H3. The van der Waals surface area contributed by atoms with Gasteiger partial charge in [-0.1, -0.05) is 6.92 Å². The van der Waals surface area contributed by atoms with Crippen molar-refractivity contribution in [1.29, 1.82) is 0 Å². The number of anilines is 2. The Labute approximate surface area is 113 Å². The quantitative estimate of drug-likeness (QED) is 0.829. The van der Waals surface area contributed by atoms with E-state index >= 15 is 0 Å². The third kappa shape index (κ3) is 3.26. The van der Waals surface area contributed by atoms with Gasteiger partial charge in [0.1, 0.15) is 12.0 Å². The number of hydrogen-bond donors (Lipinski definition) is 2. The van der Waals surface area contributed by atoms with Crippen LogP contribution < -0.4 is 15.4 Å². The Morgan fingerprint density at radius 2 is 2.37 bits per heavy atom. The summed E-state index contributed by atoms with van der Waals surface area (Å²) in [6, 6.07) is 0. The molecule has 0 bridgehead atoms. The van der Waals surface area contributed by atoms with E-state index in [9.17, 15) is 5.11 Å². The molecule has 2 heterocycles. The van der Waals surface area contributed by atoms with Crippen LogP contribution >= 0.6 is 0 Å². The molecule has 6 heteroatoms. The van der Waals surface area contributed by atoms with Crippen LogP contribution in [0.15, 0.2) is 6.33 Å². The molecule has 1 aliphatic heterocycles. The molecule has 0 aliphatic carbocycles. The molecule has 19 heavy (non-hydrogen) atoms. The van der Waals surface area contributed by atoms with Crippen molar-refractivity contribution in [2.24, 2.45) is 5.92 Å². The van der Waals surface area contributed by atoms with Crippen molar-refractivity contribution in [2.45, 2.75) is 26.2 Å². The fourth-order valence-electron chi connectivity index (χ4n) is 2.34. The van der Waals surface area contributed by atoms with Gasteiger partial charge in [0, 0.05) is 19.7 Å². The molecule has 0 saturated carbocycles. The first-order valence-corrected chi connectivity index (χ1v) is 6.85. The fourth-order valence-corrected chi connectivity index (χ4v) is 2.34. The maximum atomic E-state index is 9.28. The van der Waals surface area contributed by atoms with E-state index in [0.717, 1.165) is 38.2 Å². The number of aliphatic hydroxyl groups is 1. The van der Waals surface area contributed by atoms with Gasteiger partial charge >= 0.3 is 0 Å². The van der Waals surface area contributed by atoms with Crippen molar-refractivity contribution in [2.75, 3.05) is 36.9 Å². The fraction of sp³-hybridized carbons (Fsp3) is 0.692. The van der Waals surface area contributed by atoms with Gasteiger partial charge in [-0.05, 0) is 25.2 Å². The second kappa shape index (κ2) is 6.56. The minimum absolute atomic E-state index is 0.209. The Morgan fingerprint density at radius 3 is 3.11 bits per heavy atom. The Bertz CT molecular complexity index is 414. The topological polar surface area (TPSA) is 84.5 Å². The highest BCUT2D eigenvalue weighted by Gasteiger charge is 2.23. The van der Waals surface area contributed by atoms with Crippen molar-refractivity contribution in [3.63, 3.8) is 0 Å². The monoisotopic (exact) mass is 266 g/mol. The number of nitrogens with zero attached hydrogens (tertiary/aromatic N) is 3. The van der Waals surface area contributed by atoms with Gasteiger partial charge in [-0.2, -0.15) is 4.98 Å². The van der Waals surface area contributed by atoms with Crippen LogP contribution in [0.4, 0.5) is 11.5 Å². The summed E-state index contributed by atoms with van der Waals surface area (Å²) in [5.74, 6) is 1.47. The number of hydrogen-bond acceptors (Lipinski definition) is 6. The highest BCUT2D eigenvalue weighted by atomic mass is 16.5. The first-order chi connectivity index (χ1) is 9.26. The van der Waals surface area contributed by atoms with Crippen LogP contribution in [0.25, 0.3) is 0 Å². The van der Waals surface area contributed by atoms with Crippen molar-refractivity contribution in [1.82, 2.24) is 9.97 Å². The van der Waals surface area contributed by atoms with Crippen molar-refractivity contribution < 1.29 is 9.84 Å². The molecule has 0 spiro atoms. The van der Waals surface area contributed by atoms with E-state index < -0.39 is 0 Å². The lowest BCUT2D eigenvalue weighted by atomic mass is 9.99. The van der Waals surface area contributed by atoms with Crippen LogP contribution in [0.5, 0.6) is 5.88 Å². The average molecular weight is 266 g/mol. The van der Waals surface area contributed by atoms with Crippen molar-refractivity contribution >= 4 is 11.5 Å². The highest BCUT2D eigenvalue weighted by Crippen LogP contribution is 2.30. The molecular formula is C13H22N4O2. The van der Waals surface area contributed by atoms with E-state index in [-0.39, 0.29) is 6.61 Å². The number of aromatic nitrogens is 2. The van der Waals surface area contributed by atoms with E-state index in [4.69, 9.17) is 10.5 Å². The summed E-state index contributed by atoms with van der Waals surface area (Å²) in [5.41, 5.74) is 6.58. The molecular weight excluding hydrogens is 244 g/mol. The molecule has 6 nitrogen and oxygen atoms in total. The number of nitrogens with two attached hydrogens (primary N) is 1. The smallest absolute Gasteiger partial charge is 0.242 e. The second-order valence-electron chi connectivity index (χ2n) is 4.90. The van der Waals surface area contributed by atoms with Crippen molar-refractivity contribution in [3.05, 3.63) is 6.33 Å². The summed E-state index contributed by atoms with van der Waals surface area (Å²) >= 11 is 0. The van der Waals surface area contributed by atoms with Crippen LogP contribution in [0.3, 0.4) is 0 Å². The Hall–Kier alpha value is -1.56. The lowest BCUT2D eigenvalue weighted by Gasteiger charge is -2.33. The van der Waals surface area contributed by atoms with Crippen LogP contribution in [0.2, 0.25) is 0 Å². The molecule has 1 atom stereocenters. The SMILES string of the molecule is CCCOc1ncnc(N2CCCC(CO)C2)c1N. The van der Waals surface area contributed by atoms with Gasteiger partial charge in [0.05, 0.1) is 6.61 Å². The third-order valence-electron chi connectivity index (χ3n) is 3.35. The number of aliphatic hydroxyl groups excluding tert-OH is 1. The van der Waals surface area contributed by atoms with E-state index in [1.807, 2.05) is 6.92 Å². The van der Waals surface area contributed by atoms with Gasteiger partial charge in [-0.3, -0.25) is 0 Å². The second-order valence-corrected chi connectivity index (χ2v) is 4.90. The highest BCUT2D eigenvalue weighted by molar-refractivity contribution is 5.67. The third-order valence-corrected chi connectivity index (χ3v) is 3.35. The maximum Gasteiger partial charge on any atom is 0.242 e. The first kappa shape index (κ1) is 13.9. The molecule has 0 amide bonds. The largest absolute Gasteiger partial charge is 0.476 e. The molecule has 2 rings (SSSR count). The summed E-state index contributed by atoms with van der Waals surface area (Å²) in [5, 5.41) is 9.28. The summed E-state index contributed by atoms with van der Waals surface area (Å²) in [6.45, 7) is 4.53. The van der Waals surface area contributed by atoms with Gasteiger partial charge in [-0.25, -0.2) is 4.98 Å². The number of piperidine rings is 1. The molecule has 0 aromatic carbocycles. The minimum Gasteiger partial charge on any atom is -0.476 e. The van der Waals surface area contributed by atoms with E-state index in [2.05, 4.69) is 14.9 Å². The van der Waals surface area contributed by atoms with Gasteiger partial charge in [0.15, 0.2) is 5.82 Å². The number of rotatable bonds is 5. The van der Waals surface area contributed by atoms with Crippen LogP contribution in [-0.2, 0) is 0 Å². The molecule has 1 saturated heterocycles. The zero-order chi connectivity index (χ0) is 13.7. The van der Waals surface area contributed by atoms with Gasteiger partial charge in [0.2, 0.25) is 5.88 Å². The van der Waals surface area contributed by atoms with Gasteiger partial charge in [-0.15, -0.1) is 0 Å². The van der Waals surface area contributed by atoms with Crippen molar-refractivity contribution in [3.8, 4) is 5.88 Å². The molecule has 1 aromatic rings. The molecule has 1 unspecified atom stereocenters. The summed E-state index contributed by atoms with van der Waals surface area (Å²) < 4.78 is 5.52. The zero-order valence-corrected chi connectivity index (χ0v) is 11.4. The lowest BCUT2D eigenvalue weighted by molar-refractivity contribution is 0.208. The average Bonchev–Trinajstić information content (AvgIpc) is 2.46. The molecule has 106 valence electrons. The van der Waals surface area contributed by atoms with E-state index in [1.165, 1.54) is 6.33 Å². The Balaban J connectivity index is 2.14. The molecule has 1 aromatic heterocycles. The normalized spacial score (nSPS) is 19.5. The molecule has 1 aliphatic rings. The van der Waals surface area contributed by atoms with Crippen LogP contribution in [0, 0.1) is 5.92 Å². The number of nitrogen functional groups attached to an aromatic ring is 1. The van der Waals surface area contributed by atoms with E-state index in [1.54, 1.807) is 0 Å². The van der Waals surface area contributed by atoms with Gasteiger partial charge in [0.25, 0.3) is 0 Å². The predicted octanol–water partition coefficient (Wildman–Crippen LogP) is 1.06. The summed E-state index contributed by atoms with van der Waals surface area (Å²) in [7, 11) is 0. The minimum atomic E-state index is 0.209. The lowest BCUT2D eigenvalue weighted by Crippen LogP contribution is -2.37. The zero-order valence-electron chi connectivity index (χ0n) is 11.4. The summed E-state index contributed by atoms with van der Waals surface area (Å²) in [6.07, 6.45) is 4.49. The van der Waals surface area contributed by atoms with Crippen LogP contribution in [-0.4, -0.2) is 41.4 Å². The molecule has 1 fully saturated rings. The molecule has 0 radical (unpaired) electrons. The maximum absolute atomic E-state index is 9.28. The number of ether oxygens (including phenoxy) is 1. The Kier molecular flexibility index (Phi) is 4.79.